The fraction of sp³-hybridized carbons (Fsp3) is 0.316. The summed E-state index contributed by atoms with van der Waals surface area (Å²) in [5.74, 6) is -3.60. The lowest BCUT2D eigenvalue weighted by Crippen LogP contribution is -2.52. The summed E-state index contributed by atoms with van der Waals surface area (Å²) in [6.45, 7) is 1.63. The Hall–Kier alpha value is -4.77. The Kier molecular flexibility index (Phi) is 8.42. The number of nitrogens with one attached hydrogen (secondary N) is 2. The van der Waals surface area contributed by atoms with E-state index in [0.29, 0.717) is 61.4 Å². The van der Waals surface area contributed by atoms with Crippen LogP contribution in [0.1, 0.15) is 40.4 Å². The van der Waals surface area contributed by atoms with Gasteiger partial charge in [0.15, 0.2) is 0 Å². The standard InChI is InChI=1S/C38H35F5N4O2/c39-37(40,36-22-28(36)23-36)24-44-35(49)33(26-6-2-1-3-7-26)47-20-18-46(19-21-47)30-16-14-29(15-17-30)45-34(48)32-9-5-4-8-31(32)25-10-12-27(13-11-25)38(41,42)43/h1-17,28,33H,18-24H2,(H,44,49)(H,45,48). The van der Waals surface area contributed by atoms with Crippen LogP contribution in [0.25, 0.3) is 11.1 Å². The molecule has 3 fully saturated rings. The van der Waals surface area contributed by atoms with Crippen molar-refractivity contribution in [3.63, 3.8) is 0 Å². The normalized spacial score (nSPS) is 21.0. The molecule has 1 aliphatic heterocycles. The van der Waals surface area contributed by atoms with E-state index in [4.69, 9.17) is 0 Å². The highest BCUT2D eigenvalue weighted by Crippen LogP contribution is 2.81. The number of carbonyl (C=O) groups is 2. The van der Waals surface area contributed by atoms with Crippen molar-refractivity contribution in [3.8, 4) is 11.1 Å². The zero-order chi connectivity index (χ0) is 34.4. The van der Waals surface area contributed by atoms with Crippen molar-refractivity contribution in [2.75, 3.05) is 42.9 Å². The molecule has 1 atom stereocenters. The van der Waals surface area contributed by atoms with Gasteiger partial charge in [-0.3, -0.25) is 14.5 Å². The highest BCUT2D eigenvalue weighted by atomic mass is 19.4. The van der Waals surface area contributed by atoms with E-state index in [1.165, 1.54) is 12.1 Å². The number of alkyl halides is 5. The fourth-order valence-corrected chi connectivity index (χ4v) is 6.90. The molecule has 11 heteroatoms. The fourth-order valence-electron chi connectivity index (χ4n) is 6.90. The van der Waals surface area contributed by atoms with E-state index in [1.807, 2.05) is 47.4 Å². The molecule has 2 amide bonds. The van der Waals surface area contributed by atoms with Crippen LogP contribution in [0.3, 0.4) is 0 Å². The minimum atomic E-state index is -4.45. The zero-order valence-corrected chi connectivity index (χ0v) is 26.5. The molecule has 49 heavy (non-hydrogen) atoms. The van der Waals surface area contributed by atoms with Gasteiger partial charge in [0.2, 0.25) is 5.91 Å². The summed E-state index contributed by atoms with van der Waals surface area (Å²) in [7, 11) is 0. The highest BCUT2D eigenvalue weighted by molar-refractivity contribution is 6.08. The topological polar surface area (TPSA) is 64.7 Å². The first-order valence-corrected chi connectivity index (χ1v) is 16.3. The Balaban J connectivity index is 0.977. The minimum absolute atomic E-state index is 0.111. The van der Waals surface area contributed by atoms with Crippen LogP contribution in [0.4, 0.5) is 33.3 Å². The number of hydrogen-bond donors (Lipinski definition) is 2. The summed E-state index contributed by atoms with van der Waals surface area (Å²) in [6.07, 6.45) is -3.35. The van der Waals surface area contributed by atoms with Crippen LogP contribution < -0.4 is 15.5 Å². The Morgan fingerprint density at radius 1 is 0.776 bits per heavy atom. The van der Waals surface area contributed by atoms with Gasteiger partial charge < -0.3 is 15.5 Å². The molecule has 0 aromatic heterocycles. The van der Waals surface area contributed by atoms with Crippen LogP contribution >= 0.6 is 0 Å². The van der Waals surface area contributed by atoms with Crippen molar-refractivity contribution in [1.82, 2.24) is 10.2 Å². The van der Waals surface area contributed by atoms with E-state index < -0.39 is 47.5 Å². The van der Waals surface area contributed by atoms with E-state index >= 15 is 0 Å². The quantitative estimate of drug-likeness (QED) is 0.170. The second-order valence-corrected chi connectivity index (χ2v) is 13.1. The molecule has 1 unspecified atom stereocenters. The number of amides is 2. The van der Waals surface area contributed by atoms with Crippen molar-refractivity contribution < 1.29 is 31.5 Å². The van der Waals surface area contributed by atoms with Gasteiger partial charge in [-0.05, 0) is 77.9 Å². The minimum Gasteiger partial charge on any atom is -0.369 e. The van der Waals surface area contributed by atoms with E-state index in [-0.39, 0.29) is 5.92 Å². The summed E-state index contributed by atoms with van der Waals surface area (Å²) >= 11 is 0. The zero-order valence-electron chi connectivity index (χ0n) is 26.5. The molecule has 4 aromatic rings. The molecule has 7 rings (SSSR count). The molecular weight excluding hydrogens is 639 g/mol. The van der Waals surface area contributed by atoms with Gasteiger partial charge in [0, 0.05) is 48.5 Å². The molecule has 2 aliphatic carbocycles. The largest absolute Gasteiger partial charge is 0.416 e. The molecule has 1 heterocycles. The first kappa shape index (κ1) is 32.8. The number of fused-ring (bicyclic) bond motifs is 1. The average Bonchev–Trinajstić information content (AvgIpc) is 4.01. The van der Waals surface area contributed by atoms with Gasteiger partial charge in [0.1, 0.15) is 6.04 Å². The lowest BCUT2D eigenvalue weighted by molar-refractivity contribution is -0.137. The highest BCUT2D eigenvalue weighted by Gasteiger charge is 2.81. The molecule has 0 spiro atoms. The lowest BCUT2D eigenvalue weighted by atomic mass is 9.98. The van der Waals surface area contributed by atoms with Crippen LogP contribution in [0.15, 0.2) is 103 Å². The number of rotatable bonds is 10. The van der Waals surface area contributed by atoms with E-state index in [2.05, 4.69) is 15.5 Å². The maximum Gasteiger partial charge on any atom is 0.416 e. The van der Waals surface area contributed by atoms with Crippen LogP contribution in [-0.4, -0.2) is 55.4 Å². The van der Waals surface area contributed by atoms with Crippen molar-refractivity contribution in [2.24, 2.45) is 11.3 Å². The first-order chi connectivity index (χ1) is 23.4. The number of halogens is 5. The van der Waals surface area contributed by atoms with E-state index in [9.17, 15) is 31.5 Å². The Morgan fingerprint density at radius 3 is 2.00 bits per heavy atom. The number of nitrogens with zero attached hydrogens (tertiary/aromatic N) is 2. The van der Waals surface area contributed by atoms with Crippen LogP contribution in [-0.2, 0) is 11.0 Å². The van der Waals surface area contributed by atoms with E-state index in [1.54, 1.807) is 36.4 Å². The predicted octanol–water partition coefficient (Wildman–Crippen LogP) is 7.65. The van der Waals surface area contributed by atoms with Gasteiger partial charge in [-0.2, -0.15) is 13.2 Å². The maximum absolute atomic E-state index is 14.8. The number of hydrogen-bond acceptors (Lipinski definition) is 4. The third kappa shape index (κ3) is 6.64. The second kappa shape index (κ2) is 12.6. The molecular formula is C38H35F5N4O2. The van der Waals surface area contributed by atoms with Gasteiger partial charge >= 0.3 is 6.18 Å². The number of benzene rings is 4. The van der Waals surface area contributed by atoms with Gasteiger partial charge in [-0.1, -0.05) is 60.7 Å². The van der Waals surface area contributed by atoms with Crippen molar-refractivity contribution >= 4 is 23.2 Å². The van der Waals surface area contributed by atoms with Gasteiger partial charge in [0.05, 0.1) is 12.1 Å². The molecule has 6 nitrogen and oxygen atoms in total. The molecule has 2 N–H and O–H groups in total. The molecule has 1 saturated heterocycles. The molecule has 0 bridgehead atoms. The summed E-state index contributed by atoms with van der Waals surface area (Å²) in [5, 5.41) is 5.45. The molecule has 0 radical (unpaired) electrons. The predicted molar refractivity (Wildman–Crippen MR) is 177 cm³/mol. The van der Waals surface area contributed by atoms with Crippen LogP contribution in [0, 0.1) is 11.3 Å². The SMILES string of the molecule is O=C(Nc1ccc(N2CCN(C(C(=O)NCC(F)(F)C34CC3C4)c3ccccc3)CC2)cc1)c1ccccc1-c1ccc(C(F)(F)F)cc1. The van der Waals surface area contributed by atoms with Gasteiger partial charge in [-0.15, -0.1) is 0 Å². The summed E-state index contributed by atoms with van der Waals surface area (Å²) in [6, 6.07) is 27.3. The van der Waals surface area contributed by atoms with Gasteiger partial charge in [-0.25, -0.2) is 8.78 Å². The van der Waals surface area contributed by atoms with Crippen LogP contribution in [0.5, 0.6) is 0 Å². The van der Waals surface area contributed by atoms with Gasteiger partial charge in [0.25, 0.3) is 11.8 Å². The molecule has 254 valence electrons. The van der Waals surface area contributed by atoms with E-state index in [0.717, 1.165) is 23.4 Å². The lowest BCUT2D eigenvalue weighted by Gasteiger charge is -2.40. The summed E-state index contributed by atoms with van der Waals surface area (Å²) < 4.78 is 68.7. The Bertz CT molecular complexity index is 1820. The Morgan fingerprint density at radius 2 is 1.39 bits per heavy atom. The smallest absolute Gasteiger partial charge is 0.369 e. The van der Waals surface area contributed by atoms with Crippen LogP contribution in [0.2, 0.25) is 0 Å². The third-order valence-electron chi connectivity index (χ3n) is 10.1. The second-order valence-electron chi connectivity index (χ2n) is 13.1. The molecule has 4 aromatic carbocycles. The summed E-state index contributed by atoms with van der Waals surface area (Å²) in [4.78, 5) is 30.9. The summed E-state index contributed by atoms with van der Waals surface area (Å²) in [5.41, 5.74) is 1.92. The third-order valence-corrected chi connectivity index (χ3v) is 10.1. The first-order valence-electron chi connectivity index (χ1n) is 16.3. The van der Waals surface area contributed by atoms with Crippen molar-refractivity contribution in [3.05, 3.63) is 120 Å². The number of piperazine rings is 1. The molecule has 3 aliphatic rings. The van der Waals surface area contributed by atoms with Crippen molar-refractivity contribution in [2.45, 2.75) is 31.0 Å². The monoisotopic (exact) mass is 674 g/mol. The number of anilines is 2. The molecule has 2 saturated carbocycles. The average molecular weight is 675 g/mol. The number of carbonyl (C=O) groups excluding carboxylic acids is 2. The Labute approximate surface area is 280 Å². The van der Waals surface area contributed by atoms with Crippen molar-refractivity contribution in [1.29, 1.82) is 0 Å². The maximum atomic E-state index is 14.8.